The molecule has 1 aliphatic rings. The fourth-order valence-electron chi connectivity index (χ4n) is 3.14. The van der Waals surface area contributed by atoms with Gasteiger partial charge in [0.2, 0.25) is 0 Å². The van der Waals surface area contributed by atoms with Crippen molar-refractivity contribution < 1.29 is 14.3 Å². The molecule has 0 saturated carbocycles. The third-order valence-electron chi connectivity index (χ3n) is 4.41. The van der Waals surface area contributed by atoms with Gasteiger partial charge in [-0.1, -0.05) is 36.6 Å². The normalized spacial score (nSPS) is 14.2. The topological polar surface area (TPSA) is 55.4 Å². The lowest BCUT2D eigenvalue weighted by Gasteiger charge is -2.11. The van der Waals surface area contributed by atoms with Crippen LogP contribution in [0.15, 0.2) is 24.3 Å². The van der Waals surface area contributed by atoms with Crippen LogP contribution >= 0.6 is 22.9 Å². The highest BCUT2D eigenvalue weighted by Gasteiger charge is 2.26. The van der Waals surface area contributed by atoms with Crippen LogP contribution in [0, 0.1) is 0 Å². The second-order valence-corrected chi connectivity index (χ2v) is 7.56. The maximum Gasteiger partial charge on any atom is 0.341 e. The molecular weight excluding hydrogens is 358 g/mol. The lowest BCUT2D eigenvalue weighted by molar-refractivity contribution is 0.0601. The zero-order valence-corrected chi connectivity index (χ0v) is 15.6. The van der Waals surface area contributed by atoms with Gasteiger partial charge in [-0.3, -0.25) is 4.79 Å². The lowest BCUT2D eigenvalue weighted by Crippen LogP contribution is -2.15. The zero-order valence-electron chi connectivity index (χ0n) is 14.1. The van der Waals surface area contributed by atoms with Crippen LogP contribution in [0.25, 0.3) is 0 Å². The molecule has 0 atom stereocenters. The number of hydrogen-bond donors (Lipinski definition) is 1. The molecule has 0 fully saturated rings. The predicted molar refractivity (Wildman–Crippen MR) is 101 cm³/mol. The van der Waals surface area contributed by atoms with Crippen LogP contribution in [0.5, 0.6) is 0 Å². The van der Waals surface area contributed by atoms with E-state index in [2.05, 4.69) is 5.32 Å². The smallest absolute Gasteiger partial charge is 0.341 e. The Bertz CT molecular complexity index is 800. The molecule has 0 bridgehead atoms. The van der Waals surface area contributed by atoms with Crippen LogP contribution in [0.1, 0.15) is 56.8 Å². The van der Waals surface area contributed by atoms with Gasteiger partial charge in [-0.05, 0) is 43.4 Å². The van der Waals surface area contributed by atoms with E-state index >= 15 is 0 Å². The number of nitrogens with one attached hydrogen (secondary N) is 1. The van der Waals surface area contributed by atoms with E-state index in [-0.39, 0.29) is 5.91 Å². The van der Waals surface area contributed by atoms with Gasteiger partial charge in [-0.15, -0.1) is 11.3 Å². The Morgan fingerprint density at radius 3 is 2.56 bits per heavy atom. The van der Waals surface area contributed by atoms with Crippen LogP contribution in [-0.2, 0) is 17.6 Å². The van der Waals surface area contributed by atoms with E-state index in [0.717, 1.165) is 37.7 Å². The van der Waals surface area contributed by atoms with Crippen LogP contribution < -0.4 is 5.32 Å². The molecule has 4 nitrogen and oxygen atoms in total. The molecule has 0 aliphatic heterocycles. The molecule has 1 aliphatic carbocycles. The number of rotatable bonds is 3. The second kappa shape index (κ2) is 8.02. The Labute approximate surface area is 156 Å². The molecule has 1 aromatic heterocycles. The molecule has 0 unspecified atom stereocenters. The third kappa shape index (κ3) is 3.88. The van der Waals surface area contributed by atoms with Gasteiger partial charge in [0.05, 0.1) is 23.3 Å². The molecule has 0 saturated heterocycles. The lowest BCUT2D eigenvalue weighted by atomic mass is 9.96. The Kier molecular flexibility index (Phi) is 5.76. The number of anilines is 1. The number of carbonyl (C=O) groups excluding carboxylic acids is 2. The fourth-order valence-corrected chi connectivity index (χ4v) is 4.64. The SMILES string of the molecule is COC(=O)c1c(NC(=O)c2ccccc2Cl)sc2c1CCCCCC2. The molecule has 0 radical (unpaired) electrons. The monoisotopic (exact) mass is 377 g/mol. The number of methoxy groups -OCH3 is 1. The summed E-state index contributed by atoms with van der Waals surface area (Å²) in [5.74, 6) is -0.711. The average Bonchev–Trinajstić information content (AvgIpc) is 2.91. The number of carbonyl (C=O) groups is 2. The highest BCUT2D eigenvalue weighted by Crippen LogP contribution is 2.38. The quantitative estimate of drug-likeness (QED) is 0.757. The average molecular weight is 378 g/mol. The molecular formula is C19H20ClNO3S. The molecule has 132 valence electrons. The minimum absolute atomic E-state index is 0.315. The first-order valence-corrected chi connectivity index (χ1v) is 9.60. The first kappa shape index (κ1) is 18.0. The molecule has 3 rings (SSSR count). The second-order valence-electron chi connectivity index (χ2n) is 6.05. The Balaban J connectivity index is 1.97. The minimum Gasteiger partial charge on any atom is -0.465 e. The van der Waals surface area contributed by atoms with Crippen molar-refractivity contribution >= 4 is 39.8 Å². The first-order valence-electron chi connectivity index (χ1n) is 8.40. The Hall–Kier alpha value is -1.85. The minimum atomic E-state index is -0.396. The van der Waals surface area contributed by atoms with Gasteiger partial charge >= 0.3 is 5.97 Å². The number of amides is 1. The van der Waals surface area contributed by atoms with Gasteiger partial charge in [0.25, 0.3) is 5.91 Å². The van der Waals surface area contributed by atoms with Crippen molar-refractivity contribution in [3.63, 3.8) is 0 Å². The van der Waals surface area contributed by atoms with Crippen molar-refractivity contribution in [2.45, 2.75) is 38.5 Å². The van der Waals surface area contributed by atoms with Crippen LogP contribution in [0.2, 0.25) is 5.02 Å². The zero-order chi connectivity index (χ0) is 17.8. The van der Waals surface area contributed by atoms with Crippen molar-refractivity contribution in [2.75, 3.05) is 12.4 Å². The fraction of sp³-hybridized carbons (Fsp3) is 0.368. The number of hydrogen-bond acceptors (Lipinski definition) is 4. The van der Waals surface area contributed by atoms with Crippen LogP contribution in [0.4, 0.5) is 5.00 Å². The summed E-state index contributed by atoms with van der Waals surface area (Å²) in [5.41, 5.74) is 1.93. The van der Waals surface area contributed by atoms with Gasteiger partial charge in [0, 0.05) is 4.88 Å². The highest BCUT2D eigenvalue weighted by atomic mass is 35.5. The summed E-state index contributed by atoms with van der Waals surface area (Å²) in [6, 6.07) is 6.87. The summed E-state index contributed by atoms with van der Waals surface area (Å²) in [5, 5.41) is 3.82. The standard InChI is InChI=1S/C19H20ClNO3S/c1-24-19(23)16-13-9-4-2-3-5-11-15(13)25-18(16)21-17(22)12-8-6-7-10-14(12)20/h6-8,10H,2-5,9,11H2,1H3,(H,21,22). The summed E-state index contributed by atoms with van der Waals surface area (Å²) in [4.78, 5) is 26.1. The van der Waals surface area contributed by atoms with Crippen molar-refractivity contribution in [1.82, 2.24) is 0 Å². The maximum atomic E-state index is 12.6. The molecule has 6 heteroatoms. The Morgan fingerprint density at radius 1 is 1.12 bits per heavy atom. The predicted octanol–water partition coefficient (Wildman–Crippen LogP) is 5.10. The summed E-state index contributed by atoms with van der Waals surface area (Å²) in [6.07, 6.45) is 6.30. The molecule has 25 heavy (non-hydrogen) atoms. The molecule has 1 aromatic carbocycles. The van der Waals surface area contributed by atoms with Crippen molar-refractivity contribution in [1.29, 1.82) is 0 Å². The van der Waals surface area contributed by atoms with E-state index in [1.54, 1.807) is 24.3 Å². The van der Waals surface area contributed by atoms with Gasteiger partial charge in [-0.2, -0.15) is 0 Å². The largest absolute Gasteiger partial charge is 0.465 e. The summed E-state index contributed by atoms with van der Waals surface area (Å²) in [6.45, 7) is 0. The molecule has 2 aromatic rings. The molecule has 0 spiro atoms. The third-order valence-corrected chi connectivity index (χ3v) is 5.94. The maximum absolute atomic E-state index is 12.6. The summed E-state index contributed by atoms with van der Waals surface area (Å²) >= 11 is 7.59. The summed E-state index contributed by atoms with van der Waals surface area (Å²) in [7, 11) is 1.37. The highest BCUT2D eigenvalue weighted by molar-refractivity contribution is 7.17. The van der Waals surface area contributed by atoms with E-state index in [0.29, 0.717) is 21.2 Å². The first-order chi connectivity index (χ1) is 12.1. The number of esters is 1. The van der Waals surface area contributed by atoms with Crippen molar-refractivity contribution in [3.8, 4) is 0 Å². The van der Waals surface area contributed by atoms with E-state index < -0.39 is 5.97 Å². The number of fused-ring (bicyclic) bond motifs is 1. The van der Waals surface area contributed by atoms with Gasteiger partial charge in [0.15, 0.2) is 0 Å². The van der Waals surface area contributed by atoms with Crippen molar-refractivity contribution in [2.24, 2.45) is 0 Å². The number of ether oxygens (including phenoxy) is 1. The van der Waals surface area contributed by atoms with Crippen molar-refractivity contribution in [3.05, 3.63) is 50.9 Å². The van der Waals surface area contributed by atoms with E-state index in [9.17, 15) is 9.59 Å². The summed E-state index contributed by atoms with van der Waals surface area (Å²) < 4.78 is 4.97. The molecule has 1 N–H and O–H groups in total. The van der Waals surface area contributed by atoms with E-state index in [1.165, 1.54) is 29.7 Å². The van der Waals surface area contributed by atoms with E-state index in [1.807, 2.05) is 0 Å². The molecule has 1 amide bonds. The van der Waals surface area contributed by atoms with E-state index in [4.69, 9.17) is 16.3 Å². The number of thiophene rings is 1. The Morgan fingerprint density at radius 2 is 1.84 bits per heavy atom. The van der Waals surface area contributed by atoms with Crippen LogP contribution in [0.3, 0.4) is 0 Å². The van der Waals surface area contributed by atoms with Gasteiger partial charge < -0.3 is 10.1 Å². The molecule has 1 heterocycles. The number of aryl methyl sites for hydroxylation is 1. The van der Waals surface area contributed by atoms with Gasteiger partial charge in [0.1, 0.15) is 5.00 Å². The number of halogens is 1. The number of benzene rings is 1. The van der Waals surface area contributed by atoms with Gasteiger partial charge in [-0.25, -0.2) is 4.79 Å². The van der Waals surface area contributed by atoms with Crippen LogP contribution in [-0.4, -0.2) is 19.0 Å².